The Morgan fingerprint density at radius 2 is 2.00 bits per heavy atom. The third-order valence-corrected chi connectivity index (χ3v) is 3.19. The molecule has 0 aliphatic heterocycles. The number of carbonyl (C=O) groups excluding carboxylic acids is 1. The molecule has 1 amide bonds. The van der Waals surface area contributed by atoms with Crippen molar-refractivity contribution in [2.45, 2.75) is 25.8 Å². The number of rotatable bonds is 7. The number of nitrogens with one attached hydrogen (secondary N) is 1. The van der Waals surface area contributed by atoms with Crippen LogP contribution in [0.2, 0.25) is 0 Å². The van der Waals surface area contributed by atoms with Crippen molar-refractivity contribution in [3.8, 4) is 0 Å². The highest BCUT2D eigenvalue weighted by Crippen LogP contribution is 2.12. The van der Waals surface area contributed by atoms with E-state index < -0.39 is 11.5 Å². The van der Waals surface area contributed by atoms with Gasteiger partial charge < -0.3 is 15.8 Å². The molecule has 1 aromatic carbocycles. The lowest BCUT2D eigenvalue weighted by molar-refractivity contribution is -0.125. The van der Waals surface area contributed by atoms with Crippen LogP contribution in [-0.2, 0) is 16.0 Å². The van der Waals surface area contributed by atoms with Crippen molar-refractivity contribution in [2.24, 2.45) is 11.7 Å². The number of carbonyl (C=O) groups is 1. The average Bonchev–Trinajstić information content (AvgIpc) is 2.35. The molecule has 20 heavy (non-hydrogen) atoms. The van der Waals surface area contributed by atoms with Gasteiger partial charge in [0.25, 0.3) is 0 Å². The summed E-state index contributed by atoms with van der Waals surface area (Å²) < 4.78 is 5.09. The monoisotopic (exact) mass is 294 g/mol. The number of amides is 1. The first-order valence-corrected chi connectivity index (χ1v) is 6.91. The summed E-state index contributed by atoms with van der Waals surface area (Å²) in [6.07, 6.45) is 0.505. The van der Waals surface area contributed by atoms with Crippen molar-refractivity contribution in [2.75, 3.05) is 13.7 Å². The van der Waals surface area contributed by atoms with Crippen LogP contribution in [-0.4, -0.2) is 30.2 Å². The van der Waals surface area contributed by atoms with E-state index in [1.165, 1.54) is 0 Å². The van der Waals surface area contributed by atoms with Gasteiger partial charge in [-0.15, -0.1) is 0 Å². The van der Waals surface area contributed by atoms with Gasteiger partial charge in [0.15, 0.2) is 0 Å². The van der Waals surface area contributed by atoms with Crippen LogP contribution in [0.4, 0.5) is 0 Å². The minimum absolute atomic E-state index is 0.164. The molecule has 0 saturated heterocycles. The fraction of sp³-hybridized carbons (Fsp3) is 0.467. The molecule has 1 atom stereocenters. The van der Waals surface area contributed by atoms with E-state index in [0.29, 0.717) is 13.0 Å². The second-order valence-electron chi connectivity index (χ2n) is 5.45. The van der Waals surface area contributed by atoms with Crippen molar-refractivity contribution in [3.05, 3.63) is 35.9 Å². The lowest BCUT2D eigenvalue weighted by atomic mass is 9.96. The van der Waals surface area contributed by atoms with Crippen LogP contribution in [0.3, 0.4) is 0 Å². The van der Waals surface area contributed by atoms with Gasteiger partial charge in [0.1, 0.15) is 0 Å². The molecule has 5 heteroatoms. The number of nitrogens with two attached hydrogens (primary N) is 1. The Bertz CT molecular complexity index is 460. The molecule has 0 saturated carbocycles. The Morgan fingerprint density at radius 1 is 1.40 bits per heavy atom. The normalized spacial score (nSPS) is 12.8. The predicted molar refractivity (Wildman–Crippen MR) is 84.5 cm³/mol. The number of methoxy groups -OCH3 is 1. The molecule has 1 aromatic rings. The SMILES string of the molecule is COCC(C)(C)NC(=O)C(Cc1ccccc1)C(N)=S. The topological polar surface area (TPSA) is 64.3 Å². The van der Waals surface area contributed by atoms with Crippen molar-refractivity contribution in [3.63, 3.8) is 0 Å². The van der Waals surface area contributed by atoms with E-state index in [0.717, 1.165) is 5.56 Å². The molecule has 1 rings (SSSR count). The molecule has 0 aliphatic carbocycles. The fourth-order valence-corrected chi connectivity index (χ4v) is 2.18. The summed E-state index contributed by atoms with van der Waals surface area (Å²) in [4.78, 5) is 12.6. The van der Waals surface area contributed by atoms with E-state index in [1.54, 1.807) is 7.11 Å². The fourth-order valence-electron chi connectivity index (χ4n) is 1.99. The summed E-state index contributed by atoms with van der Waals surface area (Å²) in [5.74, 6) is -0.674. The highest BCUT2D eigenvalue weighted by Gasteiger charge is 2.27. The zero-order chi connectivity index (χ0) is 15.2. The zero-order valence-corrected chi connectivity index (χ0v) is 13.0. The molecule has 0 radical (unpaired) electrons. The first-order valence-electron chi connectivity index (χ1n) is 6.50. The lowest BCUT2D eigenvalue weighted by Gasteiger charge is -2.27. The van der Waals surface area contributed by atoms with Crippen molar-refractivity contribution < 1.29 is 9.53 Å². The van der Waals surface area contributed by atoms with E-state index in [9.17, 15) is 4.79 Å². The Kier molecular flexibility index (Phi) is 6.10. The van der Waals surface area contributed by atoms with Gasteiger partial charge in [-0.3, -0.25) is 4.79 Å². The van der Waals surface area contributed by atoms with Crippen LogP contribution < -0.4 is 11.1 Å². The minimum Gasteiger partial charge on any atom is -0.393 e. The van der Waals surface area contributed by atoms with Gasteiger partial charge in [-0.1, -0.05) is 42.5 Å². The second-order valence-corrected chi connectivity index (χ2v) is 5.92. The summed E-state index contributed by atoms with van der Waals surface area (Å²) in [6.45, 7) is 4.22. The number of hydrogen-bond acceptors (Lipinski definition) is 3. The number of ether oxygens (including phenoxy) is 1. The van der Waals surface area contributed by atoms with Crippen molar-refractivity contribution in [1.82, 2.24) is 5.32 Å². The first kappa shape index (κ1) is 16.6. The van der Waals surface area contributed by atoms with E-state index in [4.69, 9.17) is 22.7 Å². The van der Waals surface area contributed by atoms with Gasteiger partial charge >= 0.3 is 0 Å². The van der Waals surface area contributed by atoms with Crippen LogP contribution in [0.25, 0.3) is 0 Å². The number of thiocarbonyl (C=S) groups is 1. The third-order valence-electron chi connectivity index (χ3n) is 2.91. The summed E-state index contributed by atoms with van der Waals surface area (Å²) in [5.41, 5.74) is 6.30. The molecule has 1 unspecified atom stereocenters. The Labute approximate surface area is 125 Å². The number of benzene rings is 1. The molecule has 0 heterocycles. The maximum Gasteiger partial charge on any atom is 0.230 e. The van der Waals surface area contributed by atoms with Crippen LogP contribution >= 0.6 is 12.2 Å². The molecule has 0 bridgehead atoms. The molecular weight excluding hydrogens is 272 g/mol. The van der Waals surface area contributed by atoms with Gasteiger partial charge in [-0.2, -0.15) is 0 Å². The van der Waals surface area contributed by atoms with Crippen molar-refractivity contribution in [1.29, 1.82) is 0 Å². The van der Waals surface area contributed by atoms with Crippen LogP contribution in [0.15, 0.2) is 30.3 Å². The summed E-state index contributed by atoms with van der Waals surface area (Å²) in [5, 5.41) is 2.93. The molecule has 110 valence electrons. The largest absolute Gasteiger partial charge is 0.393 e. The van der Waals surface area contributed by atoms with Gasteiger partial charge in [-0.05, 0) is 25.8 Å². The Hall–Kier alpha value is -1.46. The molecule has 3 N–H and O–H groups in total. The maximum absolute atomic E-state index is 12.3. The van der Waals surface area contributed by atoms with Crippen LogP contribution in [0.1, 0.15) is 19.4 Å². The highest BCUT2D eigenvalue weighted by molar-refractivity contribution is 7.80. The zero-order valence-electron chi connectivity index (χ0n) is 12.2. The highest BCUT2D eigenvalue weighted by atomic mass is 32.1. The van der Waals surface area contributed by atoms with Crippen LogP contribution in [0.5, 0.6) is 0 Å². The summed E-state index contributed by atoms with van der Waals surface area (Å²) in [6, 6.07) is 9.70. The van der Waals surface area contributed by atoms with Crippen LogP contribution in [0, 0.1) is 5.92 Å². The standard InChI is InChI=1S/C15H22N2O2S/c1-15(2,10-19-3)17-14(18)12(13(16)20)9-11-7-5-4-6-8-11/h4-8,12H,9-10H2,1-3H3,(H2,16,20)(H,17,18). The van der Waals surface area contributed by atoms with Gasteiger partial charge in [0.2, 0.25) is 5.91 Å². The minimum atomic E-state index is -0.511. The lowest BCUT2D eigenvalue weighted by Crippen LogP contribution is -2.51. The maximum atomic E-state index is 12.3. The van der Waals surface area contributed by atoms with Gasteiger partial charge in [-0.25, -0.2) is 0 Å². The summed E-state index contributed by atoms with van der Waals surface area (Å²) >= 11 is 5.03. The van der Waals surface area contributed by atoms with E-state index >= 15 is 0 Å². The quantitative estimate of drug-likeness (QED) is 0.751. The Morgan fingerprint density at radius 3 is 2.50 bits per heavy atom. The third kappa shape index (κ3) is 5.27. The molecular formula is C15H22N2O2S. The van der Waals surface area contributed by atoms with Gasteiger partial charge in [0, 0.05) is 7.11 Å². The number of hydrogen-bond donors (Lipinski definition) is 2. The van der Waals surface area contributed by atoms with Crippen molar-refractivity contribution >= 4 is 23.1 Å². The van der Waals surface area contributed by atoms with E-state index in [1.807, 2.05) is 44.2 Å². The molecule has 0 fully saturated rings. The first-order chi connectivity index (χ1) is 9.35. The smallest absolute Gasteiger partial charge is 0.230 e. The molecule has 0 aromatic heterocycles. The Balaban J connectivity index is 2.76. The average molecular weight is 294 g/mol. The van der Waals surface area contributed by atoms with E-state index in [-0.39, 0.29) is 10.9 Å². The summed E-state index contributed by atoms with van der Waals surface area (Å²) in [7, 11) is 1.60. The molecule has 4 nitrogen and oxygen atoms in total. The van der Waals surface area contributed by atoms with Gasteiger partial charge in [0.05, 0.1) is 23.1 Å². The predicted octanol–water partition coefficient (Wildman–Crippen LogP) is 1.67. The molecule has 0 aliphatic rings. The molecule has 0 spiro atoms. The van der Waals surface area contributed by atoms with E-state index in [2.05, 4.69) is 5.32 Å². The second kappa shape index (κ2) is 7.36.